The van der Waals surface area contributed by atoms with E-state index in [0.29, 0.717) is 0 Å². The van der Waals surface area contributed by atoms with Gasteiger partial charge in [-0.2, -0.15) is 0 Å². The number of hydrogen-bond acceptors (Lipinski definition) is 10. The Morgan fingerprint density at radius 1 is 0.917 bits per heavy atom. The molecular weight excluding hydrogens is 328 g/mol. The molecule has 2 heterocycles. The van der Waals surface area contributed by atoms with Crippen LogP contribution in [0.1, 0.15) is 19.8 Å². The van der Waals surface area contributed by atoms with Crippen LogP contribution in [0.15, 0.2) is 24.3 Å². The molecule has 3 atom stereocenters. The fraction of sp³-hybridized carbons (Fsp3) is 0.429. The minimum Gasteiger partial charge on any atom is -0.410 e. The van der Waals surface area contributed by atoms with Crippen molar-refractivity contribution in [3.8, 4) is 0 Å². The normalized spacial score (nSPS) is 32.8. The van der Waals surface area contributed by atoms with Crippen LogP contribution in [-0.4, -0.2) is 52.0 Å². The molecule has 2 aliphatic rings. The van der Waals surface area contributed by atoms with Crippen molar-refractivity contribution in [1.82, 2.24) is 0 Å². The molecule has 3 unspecified atom stereocenters. The van der Waals surface area contributed by atoms with Gasteiger partial charge in [0.2, 0.25) is 0 Å². The fourth-order valence-electron chi connectivity index (χ4n) is 2.04. The van der Waals surface area contributed by atoms with Gasteiger partial charge in [0.25, 0.3) is 0 Å². The van der Waals surface area contributed by atoms with Crippen LogP contribution >= 0.6 is 0 Å². The molecule has 0 aromatic carbocycles. The lowest BCUT2D eigenvalue weighted by Gasteiger charge is -2.41. The van der Waals surface area contributed by atoms with Crippen LogP contribution in [0.4, 0.5) is 0 Å². The summed E-state index contributed by atoms with van der Waals surface area (Å²) in [6.07, 6.45) is -3.21. The first-order chi connectivity index (χ1) is 11.0. The first kappa shape index (κ1) is 17.6. The van der Waals surface area contributed by atoms with Gasteiger partial charge in [0.15, 0.2) is 0 Å². The lowest BCUT2D eigenvalue weighted by molar-refractivity contribution is -0.453. The molecule has 0 spiro atoms. The van der Waals surface area contributed by atoms with Crippen LogP contribution in [0, 0.1) is 0 Å². The summed E-state index contributed by atoms with van der Waals surface area (Å²) in [5.74, 6) is -11.3. The number of carbonyl (C=O) groups excluding carboxylic acids is 4. The average molecular weight is 342 g/mol. The molecule has 10 nitrogen and oxygen atoms in total. The zero-order chi connectivity index (χ0) is 18.3. The second-order valence-electron chi connectivity index (χ2n) is 5.21. The number of esters is 4. The summed E-state index contributed by atoms with van der Waals surface area (Å²) in [6, 6.07) is 0. The lowest BCUT2D eigenvalue weighted by atomic mass is 10.1. The quantitative estimate of drug-likeness (QED) is 0.463. The van der Waals surface area contributed by atoms with Crippen LogP contribution in [0.5, 0.6) is 0 Å². The van der Waals surface area contributed by atoms with E-state index in [0.717, 1.165) is 6.92 Å². The third-order valence-electron chi connectivity index (χ3n) is 3.28. The lowest BCUT2D eigenvalue weighted by Crippen LogP contribution is -2.67. The molecule has 0 amide bonds. The summed E-state index contributed by atoms with van der Waals surface area (Å²) in [7, 11) is 0. The van der Waals surface area contributed by atoms with Crippen molar-refractivity contribution in [3.05, 3.63) is 24.3 Å². The standard InChI is InChI=1S/C14H14O10/c1-6-4-9(16)21-13(8(3)15,23-11(6)18)14(20)22-10(17)5-7(2)12(19)24-14/h8,15,20H,1-2,4-5H2,3H3. The highest BCUT2D eigenvalue weighted by atomic mass is 16.9. The van der Waals surface area contributed by atoms with Gasteiger partial charge >= 0.3 is 35.6 Å². The largest absolute Gasteiger partial charge is 0.459 e. The summed E-state index contributed by atoms with van der Waals surface area (Å²) in [6.45, 7) is 7.51. The predicted octanol–water partition coefficient (Wildman–Crippen LogP) is -1.20. The van der Waals surface area contributed by atoms with E-state index in [1.54, 1.807) is 0 Å². The predicted molar refractivity (Wildman–Crippen MR) is 71.2 cm³/mol. The molecule has 0 aromatic heterocycles. The smallest absolute Gasteiger partial charge is 0.410 e. The highest BCUT2D eigenvalue weighted by Crippen LogP contribution is 2.39. The maximum Gasteiger partial charge on any atom is 0.459 e. The number of hydrogen-bond donors (Lipinski definition) is 2. The molecule has 24 heavy (non-hydrogen) atoms. The van der Waals surface area contributed by atoms with E-state index in [1.807, 2.05) is 0 Å². The Hall–Kier alpha value is -2.72. The van der Waals surface area contributed by atoms with Crippen LogP contribution in [0.3, 0.4) is 0 Å². The summed E-state index contributed by atoms with van der Waals surface area (Å²) < 4.78 is 18.8. The molecule has 0 radical (unpaired) electrons. The number of carbonyl (C=O) groups is 4. The van der Waals surface area contributed by atoms with Gasteiger partial charge in [-0.1, -0.05) is 13.2 Å². The summed E-state index contributed by atoms with van der Waals surface area (Å²) in [5.41, 5.74) is -0.714. The Balaban J connectivity index is 2.59. The monoisotopic (exact) mass is 342 g/mol. The summed E-state index contributed by atoms with van der Waals surface area (Å²) in [5, 5.41) is 20.5. The minimum atomic E-state index is -3.43. The van der Waals surface area contributed by atoms with E-state index in [4.69, 9.17) is 9.47 Å². The molecule has 2 rings (SSSR count). The number of cyclic esters (lactones) is 4. The molecule has 130 valence electrons. The van der Waals surface area contributed by atoms with Gasteiger partial charge in [0.1, 0.15) is 6.10 Å². The third kappa shape index (κ3) is 2.76. The van der Waals surface area contributed by atoms with Crippen molar-refractivity contribution >= 4 is 23.9 Å². The van der Waals surface area contributed by atoms with Crippen LogP contribution in [0.25, 0.3) is 0 Å². The average Bonchev–Trinajstić information content (AvgIpc) is 2.61. The molecule has 10 heteroatoms. The highest BCUT2D eigenvalue weighted by Gasteiger charge is 2.70. The maximum atomic E-state index is 11.9. The Morgan fingerprint density at radius 3 is 1.88 bits per heavy atom. The van der Waals surface area contributed by atoms with Crippen molar-refractivity contribution in [2.45, 2.75) is 37.6 Å². The Morgan fingerprint density at radius 2 is 1.38 bits per heavy atom. The molecule has 0 aromatic rings. The van der Waals surface area contributed by atoms with Crippen LogP contribution in [0.2, 0.25) is 0 Å². The maximum absolute atomic E-state index is 11.9. The van der Waals surface area contributed by atoms with Gasteiger partial charge in [-0.05, 0) is 6.92 Å². The molecule has 2 aliphatic heterocycles. The Labute approximate surface area is 135 Å². The zero-order valence-corrected chi connectivity index (χ0v) is 12.6. The van der Waals surface area contributed by atoms with Crippen molar-refractivity contribution < 1.29 is 48.3 Å². The van der Waals surface area contributed by atoms with Gasteiger partial charge in [-0.15, -0.1) is 0 Å². The molecule has 2 saturated heterocycles. The Kier molecular flexibility index (Phi) is 4.21. The van der Waals surface area contributed by atoms with E-state index in [9.17, 15) is 29.4 Å². The summed E-state index contributed by atoms with van der Waals surface area (Å²) in [4.78, 5) is 47.2. The minimum absolute atomic E-state index is 0.346. The molecule has 2 N–H and O–H groups in total. The van der Waals surface area contributed by atoms with Crippen LogP contribution in [-0.2, 0) is 38.1 Å². The molecule has 2 fully saturated rings. The van der Waals surface area contributed by atoms with Gasteiger partial charge in [0, 0.05) is 11.1 Å². The summed E-state index contributed by atoms with van der Waals surface area (Å²) >= 11 is 0. The van der Waals surface area contributed by atoms with E-state index in [-0.39, 0.29) is 11.1 Å². The molecule has 0 aliphatic carbocycles. The van der Waals surface area contributed by atoms with Crippen molar-refractivity contribution in [1.29, 1.82) is 0 Å². The Bertz CT molecular complexity index is 662. The SMILES string of the molecule is C=C1CC(=O)OC(O)(C2(C(C)O)OC(=O)CC(=C)C(=O)O2)OC1=O. The van der Waals surface area contributed by atoms with Gasteiger partial charge in [-0.3, -0.25) is 9.59 Å². The van der Waals surface area contributed by atoms with E-state index in [1.165, 1.54) is 0 Å². The van der Waals surface area contributed by atoms with E-state index >= 15 is 0 Å². The topological polar surface area (TPSA) is 146 Å². The van der Waals surface area contributed by atoms with Crippen molar-refractivity contribution in [3.63, 3.8) is 0 Å². The third-order valence-corrected chi connectivity index (χ3v) is 3.28. The fourth-order valence-corrected chi connectivity index (χ4v) is 2.04. The zero-order valence-electron chi connectivity index (χ0n) is 12.6. The first-order valence-corrected chi connectivity index (χ1v) is 6.67. The number of ether oxygens (including phenoxy) is 4. The number of aliphatic hydroxyl groups is 2. The van der Waals surface area contributed by atoms with Crippen molar-refractivity contribution in [2.75, 3.05) is 0 Å². The van der Waals surface area contributed by atoms with Gasteiger partial charge in [-0.25, -0.2) is 9.59 Å². The highest BCUT2D eigenvalue weighted by molar-refractivity contribution is 5.96. The second-order valence-corrected chi connectivity index (χ2v) is 5.21. The number of aliphatic hydroxyl groups excluding tert-OH is 1. The van der Waals surface area contributed by atoms with Crippen molar-refractivity contribution in [2.24, 2.45) is 0 Å². The van der Waals surface area contributed by atoms with Gasteiger partial charge < -0.3 is 29.2 Å². The molecule has 0 saturated carbocycles. The molecule has 0 bridgehead atoms. The van der Waals surface area contributed by atoms with Crippen LogP contribution < -0.4 is 0 Å². The van der Waals surface area contributed by atoms with E-state index in [2.05, 4.69) is 22.6 Å². The number of rotatable bonds is 2. The van der Waals surface area contributed by atoms with Gasteiger partial charge in [0.05, 0.1) is 12.8 Å². The first-order valence-electron chi connectivity index (χ1n) is 6.67. The molecular formula is C14H14O10. The van der Waals surface area contributed by atoms with E-state index < -0.39 is 54.6 Å². The second kappa shape index (κ2) is 5.73.